The maximum atomic E-state index is 9.63. The average Bonchev–Trinajstić information content (AvgIpc) is 1.96. The second kappa shape index (κ2) is 7.26. The first-order chi connectivity index (χ1) is 5.27. The van der Waals surface area contributed by atoms with Gasteiger partial charge in [0.05, 0.1) is 6.61 Å². The third kappa shape index (κ3) is 9.15. The summed E-state index contributed by atoms with van der Waals surface area (Å²) in [6, 6.07) is 0. The standard InChI is InChI=1S/C5H10O6/c1-2-8-3-4-9-11-10-5(6)7/h2-4H2,1H3,(H,6,7). The molecule has 0 radical (unpaired) electrons. The summed E-state index contributed by atoms with van der Waals surface area (Å²) in [4.78, 5) is 17.4. The van der Waals surface area contributed by atoms with Crippen LogP contribution in [0.2, 0.25) is 0 Å². The highest BCUT2D eigenvalue weighted by Gasteiger charge is 1.96. The summed E-state index contributed by atoms with van der Waals surface area (Å²) >= 11 is 0. The molecule has 11 heavy (non-hydrogen) atoms. The normalized spacial score (nSPS) is 9.55. The molecule has 0 saturated heterocycles. The molecule has 0 heterocycles. The molecule has 0 amide bonds. The summed E-state index contributed by atoms with van der Waals surface area (Å²) < 4.78 is 4.83. The molecule has 0 aromatic rings. The minimum Gasteiger partial charge on any atom is -0.448 e. The molecule has 0 bridgehead atoms. The van der Waals surface area contributed by atoms with Gasteiger partial charge in [-0.15, -0.1) is 0 Å². The van der Waals surface area contributed by atoms with Crippen molar-refractivity contribution in [1.29, 1.82) is 0 Å². The first-order valence-electron chi connectivity index (χ1n) is 3.04. The van der Waals surface area contributed by atoms with Crippen molar-refractivity contribution in [1.82, 2.24) is 0 Å². The van der Waals surface area contributed by atoms with Crippen molar-refractivity contribution >= 4 is 6.16 Å². The molecule has 6 nitrogen and oxygen atoms in total. The highest BCUT2D eigenvalue weighted by Crippen LogP contribution is 1.83. The van der Waals surface area contributed by atoms with Crippen LogP contribution in [0.3, 0.4) is 0 Å². The average molecular weight is 166 g/mol. The molecule has 0 atom stereocenters. The van der Waals surface area contributed by atoms with Crippen LogP contribution in [0.5, 0.6) is 0 Å². The Morgan fingerprint density at radius 2 is 2.18 bits per heavy atom. The number of rotatable bonds is 6. The van der Waals surface area contributed by atoms with Gasteiger partial charge >= 0.3 is 6.16 Å². The zero-order chi connectivity index (χ0) is 8.53. The Bertz CT molecular complexity index is 103. The predicted molar refractivity (Wildman–Crippen MR) is 32.6 cm³/mol. The Labute approximate surface area is 63.5 Å². The Morgan fingerprint density at radius 3 is 2.73 bits per heavy atom. The largest absolute Gasteiger partial charge is 0.540 e. The summed E-state index contributed by atoms with van der Waals surface area (Å²) in [7, 11) is 0. The topological polar surface area (TPSA) is 74.2 Å². The monoisotopic (exact) mass is 166 g/mol. The van der Waals surface area contributed by atoms with Crippen molar-refractivity contribution in [2.45, 2.75) is 6.92 Å². The smallest absolute Gasteiger partial charge is 0.448 e. The van der Waals surface area contributed by atoms with Crippen molar-refractivity contribution in [3.8, 4) is 0 Å². The van der Waals surface area contributed by atoms with E-state index in [-0.39, 0.29) is 6.61 Å². The highest BCUT2D eigenvalue weighted by atomic mass is 17.5. The van der Waals surface area contributed by atoms with E-state index >= 15 is 0 Å². The van der Waals surface area contributed by atoms with Gasteiger partial charge in [0.25, 0.3) is 0 Å². The van der Waals surface area contributed by atoms with E-state index in [0.717, 1.165) is 0 Å². The molecule has 0 aromatic heterocycles. The van der Waals surface area contributed by atoms with Crippen LogP contribution < -0.4 is 0 Å². The lowest BCUT2D eigenvalue weighted by atomic mass is 10.8. The third-order valence-electron chi connectivity index (χ3n) is 0.669. The molecule has 66 valence electrons. The fourth-order valence-corrected chi connectivity index (χ4v) is 0.324. The van der Waals surface area contributed by atoms with Gasteiger partial charge in [-0.3, -0.25) is 0 Å². The molecule has 0 saturated carbocycles. The van der Waals surface area contributed by atoms with E-state index in [0.29, 0.717) is 13.2 Å². The molecule has 0 fully saturated rings. The van der Waals surface area contributed by atoms with Crippen LogP contribution >= 0.6 is 0 Å². The van der Waals surface area contributed by atoms with Crippen molar-refractivity contribution in [3.63, 3.8) is 0 Å². The van der Waals surface area contributed by atoms with E-state index in [1.165, 1.54) is 0 Å². The lowest BCUT2D eigenvalue weighted by Crippen LogP contribution is -2.07. The minimum absolute atomic E-state index is 0.126. The van der Waals surface area contributed by atoms with E-state index in [4.69, 9.17) is 9.84 Å². The van der Waals surface area contributed by atoms with E-state index in [9.17, 15) is 4.79 Å². The summed E-state index contributed by atoms with van der Waals surface area (Å²) in [6.45, 7) is 2.86. The van der Waals surface area contributed by atoms with Crippen molar-refractivity contribution in [3.05, 3.63) is 0 Å². The van der Waals surface area contributed by atoms with Gasteiger partial charge in [0.15, 0.2) is 0 Å². The molecule has 0 unspecified atom stereocenters. The van der Waals surface area contributed by atoms with Crippen LogP contribution in [0, 0.1) is 0 Å². The molecule has 1 N–H and O–H groups in total. The van der Waals surface area contributed by atoms with Gasteiger partial charge in [-0.2, -0.15) is 4.89 Å². The summed E-state index contributed by atoms with van der Waals surface area (Å²) in [5.74, 6) is 0. The molecule has 0 spiro atoms. The van der Waals surface area contributed by atoms with Crippen molar-refractivity contribution in [2.24, 2.45) is 0 Å². The van der Waals surface area contributed by atoms with Gasteiger partial charge < -0.3 is 9.84 Å². The van der Waals surface area contributed by atoms with Gasteiger partial charge in [-0.1, -0.05) is 0 Å². The molecule has 0 aliphatic rings. The quantitative estimate of drug-likeness (QED) is 0.353. The van der Waals surface area contributed by atoms with E-state index in [2.05, 4.69) is 14.8 Å². The Balaban J connectivity index is 2.85. The molecule has 0 rings (SSSR count). The van der Waals surface area contributed by atoms with Crippen molar-refractivity contribution < 1.29 is 29.5 Å². The first-order valence-corrected chi connectivity index (χ1v) is 3.04. The maximum absolute atomic E-state index is 9.63. The zero-order valence-electron chi connectivity index (χ0n) is 6.11. The molecule has 0 aromatic carbocycles. The lowest BCUT2D eigenvalue weighted by molar-refractivity contribution is -0.486. The molecular weight excluding hydrogens is 156 g/mol. The second-order valence-electron chi connectivity index (χ2n) is 1.44. The number of hydrogen-bond acceptors (Lipinski definition) is 5. The lowest BCUT2D eigenvalue weighted by Gasteiger charge is -1.99. The Kier molecular flexibility index (Phi) is 6.70. The maximum Gasteiger partial charge on any atom is 0.540 e. The summed E-state index contributed by atoms with van der Waals surface area (Å²) in [6.07, 6.45) is -1.55. The van der Waals surface area contributed by atoms with E-state index < -0.39 is 6.16 Å². The number of carboxylic acid groups (broad SMARTS) is 1. The second-order valence-corrected chi connectivity index (χ2v) is 1.44. The van der Waals surface area contributed by atoms with E-state index in [1.807, 2.05) is 6.92 Å². The van der Waals surface area contributed by atoms with Crippen LogP contribution in [-0.2, 0) is 19.6 Å². The number of ether oxygens (including phenoxy) is 1. The van der Waals surface area contributed by atoms with Crippen LogP contribution in [0.4, 0.5) is 4.79 Å². The van der Waals surface area contributed by atoms with Crippen molar-refractivity contribution in [2.75, 3.05) is 19.8 Å². The molecular formula is C5H10O6. The van der Waals surface area contributed by atoms with Gasteiger partial charge in [0.1, 0.15) is 6.61 Å². The first kappa shape index (κ1) is 10.2. The SMILES string of the molecule is CCOCCOOOC(=O)O. The van der Waals surface area contributed by atoms with E-state index in [1.54, 1.807) is 0 Å². The van der Waals surface area contributed by atoms with Crippen LogP contribution in [-0.4, -0.2) is 31.1 Å². The van der Waals surface area contributed by atoms with Crippen LogP contribution in [0.1, 0.15) is 6.92 Å². The fraction of sp³-hybridized carbons (Fsp3) is 0.800. The molecule has 0 aliphatic carbocycles. The van der Waals surface area contributed by atoms with Crippen LogP contribution in [0.15, 0.2) is 0 Å². The minimum atomic E-state index is -1.55. The molecule has 0 aliphatic heterocycles. The van der Waals surface area contributed by atoms with Gasteiger partial charge in [0, 0.05) is 6.61 Å². The van der Waals surface area contributed by atoms with Gasteiger partial charge in [0.2, 0.25) is 0 Å². The zero-order valence-corrected chi connectivity index (χ0v) is 6.11. The number of carbonyl (C=O) groups is 1. The Morgan fingerprint density at radius 1 is 1.45 bits per heavy atom. The fourth-order valence-electron chi connectivity index (χ4n) is 0.324. The van der Waals surface area contributed by atoms with Gasteiger partial charge in [-0.25, -0.2) is 9.68 Å². The molecule has 6 heteroatoms. The van der Waals surface area contributed by atoms with Crippen LogP contribution in [0.25, 0.3) is 0 Å². The summed E-state index contributed by atoms with van der Waals surface area (Å²) in [5.41, 5.74) is 0. The Hall–Kier alpha value is -0.850. The predicted octanol–water partition coefficient (Wildman–Crippen LogP) is 0.581. The third-order valence-corrected chi connectivity index (χ3v) is 0.669. The van der Waals surface area contributed by atoms with Gasteiger partial charge in [-0.05, 0) is 12.0 Å². The summed E-state index contributed by atoms with van der Waals surface area (Å²) in [5, 5.41) is 11.6. The number of hydrogen-bond donors (Lipinski definition) is 1. The highest BCUT2D eigenvalue weighted by molar-refractivity contribution is 5.55.